The van der Waals surface area contributed by atoms with Crippen molar-refractivity contribution in [3.05, 3.63) is 55.1 Å². The van der Waals surface area contributed by atoms with Gasteiger partial charge in [-0.05, 0) is 73.6 Å². The first kappa shape index (κ1) is 26.3. The number of piperidine rings is 1. The number of azo groups is 1. The van der Waals surface area contributed by atoms with Crippen LogP contribution in [0.5, 0.6) is 5.88 Å². The lowest BCUT2D eigenvalue weighted by Crippen LogP contribution is -2.37. The van der Waals surface area contributed by atoms with Gasteiger partial charge < -0.3 is 15.0 Å². The molecule has 0 atom stereocenters. The van der Waals surface area contributed by atoms with Crippen molar-refractivity contribution in [1.29, 1.82) is 0 Å². The van der Waals surface area contributed by atoms with Crippen molar-refractivity contribution in [1.82, 2.24) is 8.87 Å². The van der Waals surface area contributed by atoms with Crippen molar-refractivity contribution in [2.75, 3.05) is 24.7 Å². The fourth-order valence-electron chi connectivity index (χ4n) is 4.19. The first-order chi connectivity index (χ1) is 17.2. The number of rotatable bonds is 7. The van der Waals surface area contributed by atoms with Gasteiger partial charge in [-0.2, -0.15) is 4.31 Å². The molecule has 1 fully saturated rings. The molecule has 8 nitrogen and oxygen atoms in total. The Morgan fingerprint density at radius 3 is 2.72 bits per heavy atom. The molecule has 0 saturated carbocycles. The number of nitrogens with one attached hydrogen (secondary N) is 1. The minimum atomic E-state index is -3.68. The van der Waals surface area contributed by atoms with Crippen LogP contribution in [-0.4, -0.2) is 46.9 Å². The highest BCUT2D eigenvalue weighted by Crippen LogP contribution is 2.40. The van der Waals surface area contributed by atoms with Crippen molar-refractivity contribution < 1.29 is 13.5 Å². The van der Waals surface area contributed by atoms with Gasteiger partial charge in [-0.25, -0.2) is 8.42 Å². The lowest BCUT2D eigenvalue weighted by Gasteiger charge is -2.29. The minimum absolute atomic E-state index is 0.114. The van der Waals surface area contributed by atoms with Crippen LogP contribution in [0, 0.1) is 5.92 Å². The highest BCUT2D eigenvalue weighted by molar-refractivity contribution is 7.98. The predicted octanol–water partition coefficient (Wildman–Crippen LogP) is 6.16. The van der Waals surface area contributed by atoms with Crippen LogP contribution in [0.1, 0.15) is 19.8 Å². The summed E-state index contributed by atoms with van der Waals surface area (Å²) in [5.41, 5.74) is 1.55. The average Bonchev–Trinajstić information content (AvgIpc) is 3.13. The van der Waals surface area contributed by atoms with E-state index in [0.29, 0.717) is 36.5 Å². The molecule has 0 amide bonds. The highest BCUT2D eigenvalue weighted by atomic mass is 32.2. The van der Waals surface area contributed by atoms with E-state index >= 15 is 0 Å². The number of hydrogen-bond donors (Lipinski definition) is 2. The first-order valence-corrected chi connectivity index (χ1v) is 14.6. The van der Waals surface area contributed by atoms with E-state index in [2.05, 4.69) is 29.0 Å². The zero-order valence-corrected chi connectivity index (χ0v) is 22.7. The molecular formula is C25H29N5O3S3. The summed E-state index contributed by atoms with van der Waals surface area (Å²) in [6.45, 7) is 7.19. The van der Waals surface area contributed by atoms with Gasteiger partial charge >= 0.3 is 0 Å². The standard InChI is InChI=1S/C25H29N5O3S3/c1-4-12-30-22-9-8-20(36(32,33)29-13-10-17(2)11-14-29)16-21(22)23(24(30)31)27-28-25(34)26-18-6-5-7-19(15-18)35-3/h4-9,15-17,31H,1,10-14H2,2-3H3,(H,26,34). The molecule has 0 radical (unpaired) electrons. The Bertz CT molecular complexity index is 1420. The van der Waals surface area contributed by atoms with Gasteiger partial charge in [0.2, 0.25) is 21.0 Å². The Morgan fingerprint density at radius 2 is 2.03 bits per heavy atom. The number of thioether (sulfide) groups is 1. The molecule has 2 heterocycles. The first-order valence-electron chi connectivity index (χ1n) is 11.6. The summed E-state index contributed by atoms with van der Waals surface area (Å²) in [4.78, 5) is 1.23. The smallest absolute Gasteiger partial charge is 0.243 e. The zero-order chi connectivity index (χ0) is 25.9. The number of allylic oxidation sites excluding steroid dienone is 1. The fourth-order valence-corrected chi connectivity index (χ4v) is 6.31. The normalized spacial score (nSPS) is 15.5. The lowest BCUT2D eigenvalue weighted by atomic mass is 10.0. The summed E-state index contributed by atoms with van der Waals surface area (Å²) in [5, 5.41) is 22.8. The Kier molecular flexibility index (Phi) is 8.13. The molecule has 1 aromatic heterocycles. The molecule has 2 N–H and O–H groups in total. The van der Waals surface area contributed by atoms with Crippen molar-refractivity contribution in [2.45, 2.75) is 36.1 Å². The molecule has 1 saturated heterocycles. The average molecular weight is 544 g/mol. The number of aromatic nitrogens is 1. The fraction of sp³-hybridized carbons (Fsp3) is 0.320. The van der Waals surface area contributed by atoms with E-state index in [1.807, 2.05) is 30.5 Å². The monoisotopic (exact) mass is 543 g/mol. The largest absolute Gasteiger partial charge is 0.493 e. The van der Waals surface area contributed by atoms with Gasteiger partial charge in [0.05, 0.1) is 10.4 Å². The molecule has 4 rings (SSSR count). The summed E-state index contributed by atoms with van der Waals surface area (Å²) in [7, 11) is -3.68. The van der Waals surface area contributed by atoms with Crippen LogP contribution in [0.25, 0.3) is 10.9 Å². The molecule has 1 aliphatic rings. The minimum Gasteiger partial charge on any atom is -0.493 e. The maximum Gasteiger partial charge on any atom is 0.243 e. The third-order valence-electron chi connectivity index (χ3n) is 6.24. The van der Waals surface area contributed by atoms with Gasteiger partial charge in [-0.3, -0.25) is 0 Å². The number of sulfonamides is 1. The number of fused-ring (bicyclic) bond motifs is 1. The van der Waals surface area contributed by atoms with Gasteiger partial charge in [-0.15, -0.1) is 28.6 Å². The molecule has 3 aromatic rings. The summed E-state index contributed by atoms with van der Waals surface area (Å²) in [6.07, 6.45) is 5.30. The molecule has 2 aromatic carbocycles. The SMILES string of the molecule is C=CCn1c(O)c(N=NC(=S)Nc2cccc(SC)c2)c2cc(S(=O)(=O)N3CCC(C)CC3)ccc21. The predicted molar refractivity (Wildman–Crippen MR) is 150 cm³/mol. The van der Waals surface area contributed by atoms with Crippen LogP contribution in [0.4, 0.5) is 11.4 Å². The van der Waals surface area contributed by atoms with Crippen LogP contribution in [0.3, 0.4) is 0 Å². The third kappa shape index (κ3) is 5.49. The maximum absolute atomic E-state index is 13.3. The Morgan fingerprint density at radius 1 is 1.28 bits per heavy atom. The number of aromatic hydroxyl groups is 1. The third-order valence-corrected chi connectivity index (χ3v) is 9.04. The van der Waals surface area contributed by atoms with E-state index in [1.54, 1.807) is 40.6 Å². The van der Waals surface area contributed by atoms with E-state index in [0.717, 1.165) is 23.4 Å². The van der Waals surface area contributed by atoms with E-state index < -0.39 is 10.0 Å². The Hall–Kier alpha value is -2.73. The number of anilines is 1. The molecule has 36 heavy (non-hydrogen) atoms. The van der Waals surface area contributed by atoms with Gasteiger partial charge in [0.1, 0.15) is 0 Å². The lowest BCUT2D eigenvalue weighted by molar-refractivity contribution is 0.288. The number of thiocarbonyl (C=S) groups is 1. The molecule has 0 spiro atoms. The number of hydrogen-bond acceptors (Lipinski definition) is 6. The second-order valence-corrected chi connectivity index (χ2v) is 11.9. The van der Waals surface area contributed by atoms with Crippen molar-refractivity contribution in [3.63, 3.8) is 0 Å². The topological polar surface area (TPSA) is 99.3 Å². The van der Waals surface area contributed by atoms with Crippen molar-refractivity contribution >= 4 is 61.4 Å². The summed E-state index contributed by atoms with van der Waals surface area (Å²) >= 11 is 6.94. The van der Waals surface area contributed by atoms with E-state index in [4.69, 9.17) is 12.2 Å². The Balaban J connectivity index is 1.68. The van der Waals surface area contributed by atoms with E-state index in [-0.39, 0.29) is 21.6 Å². The molecule has 0 bridgehead atoms. The molecule has 11 heteroatoms. The van der Waals surface area contributed by atoms with E-state index in [9.17, 15) is 13.5 Å². The quantitative estimate of drug-likeness (QED) is 0.160. The van der Waals surface area contributed by atoms with Crippen LogP contribution in [0.2, 0.25) is 0 Å². The van der Waals surface area contributed by atoms with E-state index in [1.165, 1.54) is 4.31 Å². The van der Waals surface area contributed by atoms with Gasteiger partial charge in [0.15, 0.2) is 5.69 Å². The van der Waals surface area contributed by atoms with Gasteiger partial charge in [-0.1, -0.05) is 19.1 Å². The number of nitrogens with zero attached hydrogens (tertiary/aromatic N) is 4. The molecule has 0 aliphatic carbocycles. The molecule has 0 unspecified atom stereocenters. The number of benzene rings is 2. The van der Waals surface area contributed by atoms with Crippen LogP contribution >= 0.6 is 24.0 Å². The van der Waals surface area contributed by atoms with Crippen LogP contribution in [-0.2, 0) is 16.6 Å². The summed E-state index contributed by atoms with van der Waals surface area (Å²) < 4.78 is 29.8. The van der Waals surface area contributed by atoms with Crippen molar-refractivity contribution in [3.8, 4) is 5.88 Å². The molecular weight excluding hydrogens is 515 g/mol. The maximum atomic E-state index is 13.3. The summed E-state index contributed by atoms with van der Waals surface area (Å²) in [5.74, 6) is 0.374. The van der Waals surface area contributed by atoms with Gasteiger partial charge in [0.25, 0.3) is 0 Å². The molecule has 1 aliphatic heterocycles. The highest BCUT2D eigenvalue weighted by Gasteiger charge is 2.29. The zero-order valence-electron chi connectivity index (χ0n) is 20.2. The van der Waals surface area contributed by atoms with Crippen LogP contribution in [0.15, 0.2) is 75.1 Å². The van der Waals surface area contributed by atoms with Crippen molar-refractivity contribution in [2.24, 2.45) is 16.1 Å². The second-order valence-electron chi connectivity index (χ2n) is 8.70. The Labute approximate surface area is 221 Å². The molecule has 190 valence electrons. The van der Waals surface area contributed by atoms with Crippen LogP contribution < -0.4 is 5.32 Å². The summed E-state index contributed by atoms with van der Waals surface area (Å²) in [6, 6.07) is 12.5. The second kappa shape index (κ2) is 11.1. The van der Waals surface area contributed by atoms with Gasteiger partial charge in [0, 0.05) is 35.6 Å².